The summed E-state index contributed by atoms with van der Waals surface area (Å²) in [5, 5.41) is 0. The van der Waals surface area contributed by atoms with Crippen molar-refractivity contribution in [1.82, 2.24) is 4.90 Å². The number of benzene rings is 2. The highest BCUT2D eigenvalue weighted by atomic mass is 19.4. The number of alkyl halides is 3. The van der Waals surface area contributed by atoms with E-state index in [-0.39, 0.29) is 18.1 Å². The summed E-state index contributed by atoms with van der Waals surface area (Å²) in [6.45, 7) is 5.21. The number of nitrogens with zero attached hydrogens (tertiary/aromatic N) is 1. The Bertz CT molecular complexity index is 915. The minimum absolute atomic E-state index is 0.256. The normalized spacial score (nSPS) is 17.2. The zero-order valence-electron chi connectivity index (χ0n) is 16.8. The molecule has 0 saturated carbocycles. The van der Waals surface area contributed by atoms with Crippen LogP contribution in [0.2, 0.25) is 0 Å². The van der Waals surface area contributed by atoms with Gasteiger partial charge in [-0.2, -0.15) is 0 Å². The Morgan fingerprint density at radius 3 is 2.00 bits per heavy atom. The maximum absolute atomic E-state index is 12.5. The Labute approximate surface area is 172 Å². The van der Waals surface area contributed by atoms with Gasteiger partial charge in [-0.15, -0.1) is 13.2 Å². The second kappa shape index (κ2) is 8.01. The van der Waals surface area contributed by atoms with Gasteiger partial charge in [-0.05, 0) is 56.0 Å². The first kappa shape index (κ1) is 21.7. The molecule has 30 heavy (non-hydrogen) atoms. The first-order chi connectivity index (χ1) is 13.9. The number of halogens is 3. The van der Waals surface area contributed by atoms with Crippen molar-refractivity contribution in [3.8, 4) is 16.9 Å². The van der Waals surface area contributed by atoms with Crippen molar-refractivity contribution < 1.29 is 32.2 Å². The lowest BCUT2D eigenvalue weighted by molar-refractivity contribution is -0.274. The third-order valence-electron chi connectivity index (χ3n) is 4.52. The van der Waals surface area contributed by atoms with E-state index in [1.807, 2.05) is 0 Å². The number of ether oxygens (including phenoxy) is 2. The molecule has 8 heteroatoms. The number of carbonyl (C=O) groups is 2. The molecule has 2 aromatic carbocycles. The molecule has 0 radical (unpaired) electrons. The van der Waals surface area contributed by atoms with Gasteiger partial charge < -0.3 is 9.47 Å². The standard InChI is InChI=1S/C22H22F3NO4/c1-21(2,3)30-20(28)26-18(12-13-19(26)27)16-6-4-14(5-7-16)15-8-10-17(11-9-15)29-22(23,24)25/h4-11,18H,12-13H2,1-3H3/t18-/m1/s1. The molecule has 0 aromatic heterocycles. The third kappa shape index (κ3) is 5.31. The minimum Gasteiger partial charge on any atom is -0.443 e. The monoisotopic (exact) mass is 421 g/mol. The first-order valence-electron chi connectivity index (χ1n) is 9.44. The van der Waals surface area contributed by atoms with E-state index in [0.29, 0.717) is 12.0 Å². The molecular weight excluding hydrogens is 399 g/mol. The molecule has 0 spiro atoms. The fourth-order valence-electron chi connectivity index (χ4n) is 3.29. The number of rotatable bonds is 3. The Morgan fingerprint density at radius 1 is 0.967 bits per heavy atom. The summed E-state index contributed by atoms with van der Waals surface area (Å²) in [5.41, 5.74) is 1.57. The van der Waals surface area contributed by atoms with Gasteiger partial charge in [0, 0.05) is 6.42 Å². The van der Waals surface area contributed by atoms with Crippen molar-refractivity contribution in [3.05, 3.63) is 54.1 Å². The lowest BCUT2D eigenvalue weighted by Crippen LogP contribution is -2.38. The van der Waals surface area contributed by atoms with Gasteiger partial charge in [0.2, 0.25) is 5.91 Å². The summed E-state index contributed by atoms with van der Waals surface area (Å²) in [5.74, 6) is -0.570. The third-order valence-corrected chi connectivity index (χ3v) is 4.52. The van der Waals surface area contributed by atoms with Crippen LogP contribution < -0.4 is 4.74 Å². The van der Waals surface area contributed by atoms with E-state index in [0.717, 1.165) is 16.0 Å². The van der Waals surface area contributed by atoms with Crippen LogP contribution in [0.1, 0.15) is 45.2 Å². The van der Waals surface area contributed by atoms with Crippen molar-refractivity contribution in [2.45, 2.75) is 51.6 Å². The molecule has 1 fully saturated rings. The molecule has 0 aliphatic carbocycles. The minimum atomic E-state index is -4.73. The number of amides is 2. The molecule has 0 bridgehead atoms. The Kier molecular flexibility index (Phi) is 5.78. The second-order valence-corrected chi connectivity index (χ2v) is 7.99. The number of hydrogen-bond donors (Lipinski definition) is 0. The average molecular weight is 421 g/mol. The summed E-state index contributed by atoms with van der Waals surface area (Å²) >= 11 is 0. The average Bonchev–Trinajstić information content (AvgIpc) is 3.01. The van der Waals surface area contributed by atoms with Crippen molar-refractivity contribution in [2.24, 2.45) is 0 Å². The summed E-state index contributed by atoms with van der Waals surface area (Å²) in [4.78, 5) is 25.9. The summed E-state index contributed by atoms with van der Waals surface area (Å²) in [6, 6.07) is 12.3. The first-order valence-corrected chi connectivity index (χ1v) is 9.44. The van der Waals surface area contributed by atoms with Gasteiger partial charge in [0.15, 0.2) is 0 Å². The van der Waals surface area contributed by atoms with Crippen LogP contribution in [0.5, 0.6) is 5.75 Å². The highest BCUT2D eigenvalue weighted by Crippen LogP contribution is 2.35. The van der Waals surface area contributed by atoms with Gasteiger partial charge in [0.1, 0.15) is 11.4 Å². The fourth-order valence-corrected chi connectivity index (χ4v) is 3.29. The van der Waals surface area contributed by atoms with Gasteiger partial charge in [-0.1, -0.05) is 36.4 Å². The predicted molar refractivity (Wildman–Crippen MR) is 104 cm³/mol. The molecule has 2 aromatic rings. The van der Waals surface area contributed by atoms with Crippen molar-refractivity contribution in [1.29, 1.82) is 0 Å². The maximum Gasteiger partial charge on any atom is 0.573 e. The number of imide groups is 1. The quantitative estimate of drug-likeness (QED) is 0.624. The number of carbonyl (C=O) groups excluding carboxylic acids is 2. The van der Waals surface area contributed by atoms with Gasteiger partial charge >= 0.3 is 12.5 Å². The van der Waals surface area contributed by atoms with E-state index in [2.05, 4.69) is 4.74 Å². The lowest BCUT2D eigenvalue weighted by atomic mass is 9.99. The lowest BCUT2D eigenvalue weighted by Gasteiger charge is -2.27. The van der Waals surface area contributed by atoms with Crippen LogP contribution in [-0.2, 0) is 9.53 Å². The Morgan fingerprint density at radius 2 is 1.50 bits per heavy atom. The number of hydrogen-bond acceptors (Lipinski definition) is 4. The molecule has 3 rings (SSSR count). The topological polar surface area (TPSA) is 55.8 Å². The summed E-state index contributed by atoms with van der Waals surface area (Å²) < 4.78 is 46.1. The molecular formula is C22H22F3NO4. The zero-order chi connectivity index (χ0) is 22.1. The molecule has 1 saturated heterocycles. The molecule has 160 valence electrons. The van der Waals surface area contributed by atoms with Gasteiger partial charge in [0.05, 0.1) is 6.04 Å². The maximum atomic E-state index is 12.5. The van der Waals surface area contributed by atoms with E-state index >= 15 is 0 Å². The van der Waals surface area contributed by atoms with Crippen molar-refractivity contribution >= 4 is 12.0 Å². The highest BCUT2D eigenvalue weighted by Gasteiger charge is 2.39. The van der Waals surface area contributed by atoms with Gasteiger partial charge in [-0.3, -0.25) is 4.79 Å². The molecule has 0 unspecified atom stereocenters. The van der Waals surface area contributed by atoms with Crippen LogP contribution in [-0.4, -0.2) is 28.9 Å². The van der Waals surface area contributed by atoms with Gasteiger partial charge in [0.25, 0.3) is 0 Å². The van der Waals surface area contributed by atoms with Crippen LogP contribution in [0.3, 0.4) is 0 Å². The Balaban J connectivity index is 1.76. The Hall–Kier alpha value is -3.03. The SMILES string of the molecule is CC(C)(C)OC(=O)N1C(=O)CC[C@@H]1c1ccc(-c2ccc(OC(F)(F)F)cc2)cc1. The smallest absolute Gasteiger partial charge is 0.443 e. The molecule has 1 heterocycles. The van der Waals surface area contributed by atoms with Crippen molar-refractivity contribution in [3.63, 3.8) is 0 Å². The highest BCUT2D eigenvalue weighted by molar-refractivity contribution is 5.94. The van der Waals surface area contributed by atoms with Crippen molar-refractivity contribution in [2.75, 3.05) is 0 Å². The molecule has 1 aliphatic heterocycles. The van der Waals surface area contributed by atoms with Gasteiger partial charge in [-0.25, -0.2) is 9.69 Å². The molecule has 0 N–H and O–H groups in total. The van der Waals surface area contributed by atoms with E-state index in [4.69, 9.17) is 4.74 Å². The fraction of sp³-hybridized carbons (Fsp3) is 0.364. The van der Waals surface area contributed by atoms with Crippen LogP contribution in [0, 0.1) is 0 Å². The van der Waals surface area contributed by atoms with Crippen LogP contribution in [0.4, 0.5) is 18.0 Å². The zero-order valence-corrected chi connectivity index (χ0v) is 16.8. The van der Waals surface area contributed by atoms with E-state index in [1.165, 1.54) is 24.3 Å². The largest absolute Gasteiger partial charge is 0.573 e. The molecule has 5 nitrogen and oxygen atoms in total. The molecule has 1 aliphatic rings. The van der Waals surface area contributed by atoms with Crippen LogP contribution in [0.25, 0.3) is 11.1 Å². The van der Waals surface area contributed by atoms with Crippen LogP contribution in [0.15, 0.2) is 48.5 Å². The second-order valence-electron chi connectivity index (χ2n) is 7.99. The number of likely N-dealkylation sites (tertiary alicyclic amines) is 1. The summed E-state index contributed by atoms with van der Waals surface area (Å²) in [7, 11) is 0. The van der Waals surface area contributed by atoms with E-state index < -0.39 is 24.1 Å². The van der Waals surface area contributed by atoms with E-state index in [1.54, 1.807) is 45.0 Å². The van der Waals surface area contributed by atoms with Crippen LogP contribution >= 0.6 is 0 Å². The summed E-state index contributed by atoms with van der Waals surface area (Å²) in [6.07, 6.45) is -4.64. The predicted octanol–water partition coefficient (Wildman–Crippen LogP) is 5.85. The molecule has 1 atom stereocenters. The molecule has 2 amide bonds. The van der Waals surface area contributed by atoms with E-state index in [9.17, 15) is 22.8 Å².